The Labute approximate surface area is 347 Å². The molecule has 0 aliphatic carbocycles. The van der Waals surface area contributed by atoms with Crippen LogP contribution in [0.4, 0.5) is 0 Å². The summed E-state index contributed by atoms with van der Waals surface area (Å²) in [6.45, 7) is 0. The van der Waals surface area contributed by atoms with Crippen molar-refractivity contribution in [3.63, 3.8) is 0 Å². The summed E-state index contributed by atoms with van der Waals surface area (Å²) in [5, 5.41) is 6.06. The number of ether oxygens (including phenoxy) is 1. The molecule has 1 aliphatic rings. The lowest BCUT2D eigenvalue weighted by Gasteiger charge is -2.21. The minimum Gasteiger partial charge on any atom is -0.453 e. The van der Waals surface area contributed by atoms with Crippen molar-refractivity contribution in [2.45, 2.75) is 0 Å². The molecule has 4 aromatic heterocycles. The van der Waals surface area contributed by atoms with Crippen LogP contribution in [0, 0.1) is 0 Å². The maximum absolute atomic E-state index is 6.48. The molecule has 0 N–H and O–H groups in total. The fourth-order valence-electron chi connectivity index (χ4n) is 9.05. The first-order chi connectivity index (χ1) is 29.7. The zero-order valence-electron chi connectivity index (χ0n) is 32.0. The van der Waals surface area contributed by atoms with E-state index in [0.717, 1.165) is 72.8 Å². The number of benzene rings is 8. The number of para-hydroxylation sites is 4. The van der Waals surface area contributed by atoms with Crippen molar-refractivity contribution in [3.8, 4) is 68.2 Å². The van der Waals surface area contributed by atoms with Gasteiger partial charge in [0.15, 0.2) is 29.0 Å². The van der Waals surface area contributed by atoms with Gasteiger partial charge in [-0.1, -0.05) is 133 Å². The molecule has 1 aliphatic heterocycles. The third kappa shape index (κ3) is 4.96. The van der Waals surface area contributed by atoms with Gasteiger partial charge in [0.25, 0.3) is 0 Å². The van der Waals surface area contributed by atoms with Crippen molar-refractivity contribution in [2.75, 3.05) is 0 Å². The Morgan fingerprint density at radius 1 is 0.400 bits per heavy atom. The average Bonchev–Trinajstić information content (AvgIpc) is 3.97. The fourth-order valence-corrected chi connectivity index (χ4v) is 10.2. The van der Waals surface area contributed by atoms with Crippen molar-refractivity contribution in [1.82, 2.24) is 24.1 Å². The summed E-state index contributed by atoms with van der Waals surface area (Å²) in [7, 11) is 0. The molecule has 280 valence electrons. The molecule has 0 amide bonds. The highest BCUT2D eigenvalue weighted by Crippen LogP contribution is 2.49. The van der Waals surface area contributed by atoms with Gasteiger partial charge in [-0.3, -0.25) is 9.13 Å². The number of aromatic nitrogens is 5. The Bertz CT molecular complexity index is 3700. The maximum atomic E-state index is 6.48. The van der Waals surface area contributed by atoms with Gasteiger partial charge in [-0.05, 0) is 65.7 Å². The van der Waals surface area contributed by atoms with Crippen LogP contribution in [0.3, 0.4) is 0 Å². The van der Waals surface area contributed by atoms with Crippen molar-refractivity contribution in [3.05, 3.63) is 188 Å². The first-order valence-corrected chi connectivity index (χ1v) is 20.8. The first-order valence-electron chi connectivity index (χ1n) is 20.0. The number of rotatable bonds is 5. The average molecular weight is 786 g/mol. The monoisotopic (exact) mass is 785 g/mol. The van der Waals surface area contributed by atoms with Gasteiger partial charge >= 0.3 is 0 Å². The fraction of sp³-hybridized carbons (Fsp3) is 0. The Morgan fingerprint density at radius 2 is 1.00 bits per heavy atom. The van der Waals surface area contributed by atoms with Crippen LogP contribution in [0.1, 0.15) is 0 Å². The van der Waals surface area contributed by atoms with E-state index < -0.39 is 0 Å². The normalized spacial score (nSPS) is 12.1. The molecule has 0 unspecified atom stereocenters. The third-order valence-corrected chi connectivity index (χ3v) is 12.9. The summed E-state index contributed by atoms with van der Waals surface area (Å²) in [6.07, 6.45) is 0. The van der Waals surface area contributed by atoms with E-state index in [1.165, 1.54) is 30.9 Å². The summed E-state index contributed by atoms with van der Waals surface area (Å²) < 4.78 is 13.7. The Kier molecular flexibility index (Phi) is 7.08. The zero-order valence-corrected chi connectivity index (χ0v) is 32.8. The molecule has 0 fully saturated rings. The van der Waals surface area contributed by atoms with E-state index in [1.807, 2.05) is 30.3 Å². The number of hydrogen-bond donors (Lipinski definition) is 0. The lowest BCUT2D eigenvalue weighted by atomic mass is 10.0. The van der Waals surface area contributed by atoms with Crippen LogP contribution in [-0.2, 0) is 0 Å². The maximum Gasteiger partial charge on any atom is 0.164 e. The molecule has 0 atom stereocenters. The molecule has 12 aromatic rings. The molecule has 0 saturated carbocycles. The van der Waals surface area contributed by atoms with E-state index in [4.69, 9.17) is 19.7 Å². The number of thiophene rings is 1. The zero-order chi connectivity index (χ0) is 39.3. The highest BCUT2D eigenvalue weighted by atomic mass is 32.1. The van der Waals surface area contributed by atoms with Crippen LogP contribution >= 0.6 is 11.3 Å². The van der Waals surface area contributed by atoms with Crippen LogP contribution < -0.4 is 4.74 Å². The highest BCUT2D eigenvalue weighted by Gasteiger charge is 2.28. The van der Waals surface area contributed by atoms with Gasteiger partial charge in [0.1, 0.15) is 5.65 Å². The lowest BCUT2D eigenvalue weighted by Crippen LogP contribution is -2.07. The van der Waals surface area contributed by atoms with E-state index >= 15 is 0 Å². The van der Waals surface area contributed by atoms with Crippen LogP contribution in [0.25, 0.3) is 110 Å². The molecular formula is C53H31N5OS. The highest BCUT2D eigenvalue weighted by molar-refractivity contribution is 7.25. The molecule has 5 heterocycles. The second kappa shape index (κ2) is 12.8. The Morgan fingerprint density at radius 3 is 1.87 bits per heavy atom. The number of hydrogen-bond acceptors (Lipinski definition) is 5. The van der Waals surface area contributed by atoms with E-state index in [0.29, 0.717) is 17.5 Å². The Hall–Kier alpha value is -7.87. The second-order valence-corrected chi connectivity index (χ2v) is 16.3. The predicted molar refractivity (Wildman–Crippen MR) is 246 cm³/mol. The van der Waals surface area contributed by atoms with E-state index in [-0.39, 0.29) is 0 Å². The topological polar surface area (TPSA) is 57.8 Å². The molecule has 0 spiro atoms. The minimum absolute atomic E-state index is 0.628. The van der Waals surface area contributed by atoms with Gasteiger partial charge < -0.3 is 4.74 Å². The molecule has 0 bridgehead atoms. The Balaban J connectivity index is 0.995. The molecule has 8 aromatic carbocycles. The minimum atomic E-state index is 0.628. The molecule has 0 radical (unpaired) electrons. The summed E-state index contributed by atoms with van der Waals surface area (Å²) in [5.74, 6) is 3.62. The molecule has 6 nitrogen and oxygen atoms in total. The molecule has 0 saturated heterocycles. The summed E-state index contributed by atoms with van der Waals surface area (Å²) in [4.78, 5) is 15.3. The largest absolute Gasteiger partial charge is 0.453 e. The quantitative estimate of drug-likeness (QED) is 0.174. The third-order valence-electron chi connectivity index (χ3n) is 11.7. The van der Waals surface area contributed by atoms with Crippen LogP contribution in [0.15, 0.2) is 188 Å². The molecule has 13 rings (SSSR count). The van der Waals surface area contributed by atoms with E-state index in [1.54, 1.807) is 11.3 Å². The van der Waals surface area contributed by atoms with E-state index in [2.05, 4.69) is 167 Å². The van der Waals surface area contributed by atoms with Crippen molar-refractivity contribution in [2.24, 2.45) is 0 Å². The van der Waals surface area contributed by atoms with Gasteiger partial charge in [-0.25, -0.2) is 15.0 Å². The van der Waals surface area contributed by atoms with Crippen LogP contribution in [0.2, 0.25) is 0 Å². The summed E-state index contributed by atoms with van der Waals surface area (Å²) in [5.41, 5.74) is 10.4. The molecular weight excluding hydrogens is 755 g/mol. The van der Waals surface area contributed by atoms with Crippen molar-refractivity contribution in [1.29, 1.82) is 0 Å². The van der Waals surface area contributed by atoms with Gasteiger partial charge in [-0.15, -0.1) is 11.3 Å². The second-order valence-electron chi connectivity index (χ2n) is 15.2. The van der Waals surface area contributed by atoms with Crippen molar-refractivity contribution >= 4 is 64.3 Å². The van der Waals surface area contributed by atoms with Gasteiger partial charge in [-0.2, -0.15) is 0 Å². The van der Waals surface area contributed by atoms with Crippen molar-refractivity contribution < 1.29 is 4.74 Å². The van der Waals surface area contributed by atoms with Crippen LogP contribution in [0.5, 0.6) is 11.5 Å². The van der Waals surface area contributed by atoms with Crippen LogP contribution in [-0.4, -0.2) is 24.1 Å². The van der Waals surface area contributed by atoms with Gasteiger partial charge in [0.05, 0.1) is 16.7 Å². The van der Waals surface area contributed by atoms with E-state index in [9.17, 15) is 0 Å². The summed E-state index contributed by atoms with van der Waals surface area (Å²) in [6, 6.07) is 66.0. The van der Waals surface area contributed by atoms with Gasteiger partial charge in [0.2, 0.25) is 0 Å². The molecule has 60 heavy (non-hydrogen) atoms. The first kappa shape index (κ1) is 33.1. The van der Waals surface area contributed by atoms with Gasteiger partial charge in [0, 0.05) is 58.7 Å². The smallest absolute Gasteiger partial charge is 0.164 e. The lowest BCUT2D eigenvalue weighted by molar-refractivity contribution is 0.476. The molecule has 7 heteroatoms. The predicted octanol–water partition coefficient (Wildman–Crippen LogP) is 14.1. The number of fused-ring (bicyclic) bond motifs is 10. The standard InChI is InChI=1S/C53H31N5OS/c1-3-13-32(14-4-1)50-54-51(56-52(55-50)36-26-27-39-38-19-7-10-24-46(38)60-47(39)31-36)35-16-11-15-33(29-35)34-25-28-40-43(30-34)57(37-17-5-2-6-18-37)53-48(40)41-20-12-23-45-49(41)58(53)42-21-8-9-22-44(42)59-45/h1-31H. The summed E-state index contributed by atoms with van der Waals surface area (Å²) >= 11 is 1.80. The SMILES string of the molecule is c1ccc(-c2nc(-c3cccc(-c4ccc5c6c7cccc8c7n(c6n(-c6ccccc6)c5c4)-c4ccccc4O8)c3)nc(-c3ccc4c(c3)sc3ccccc34)n2)cc1. The number of nitrogens with zero attached hydrogens (tertiary/aromatic N) is 5.